The zero-order valence-electron chi connectivity index (χ0n) is 22.2. The van der Waals surface area contributed by atoms with Gasteiger partial charge in [-0.1, -0.05) is 50.5 Å². The van der Waals surface area contributed by atoms with Crippen molar-refractivity contribution < 1.29 is 29.3 Å². The van der Waals surface area contributed by atoms with Crippen molar-refractivity contribution >= 4 is 40.7 Å². The van der Waals surface area contributed by atoms with E-state index >= 15 is 0 Å². The van der Waals surface area contributed by atoms with Crippen molar-refractivity contribution in [2.45, 2.75) is 52.4 Å². The second-order valence-electron chi connectivity index (χ2n) is 9.85. The van der Waals surface area contributed by atoms with E-state index in [0.29, 0.717) is 34.2 Å². The van der Waals surface area contributed by atoms with Gasteiger partial charge in [-0.3, -0.25) is 4.90 Å². The first-order valence-electron chi connectivity index (χ1n) is 13.3. The van der Waals surface area contributed by atoms with Crippen molar-refractivity contribution in [2.75, 3.05) is 23.4 Å². The summed E-state index contributed by atoms with van der Waals surface area (Å²) in [5.74, 6) is -1.88. The number of nitrogens with one attached hydrogen (secondary N) is 1. The van der Waals surface area contributed by atoms with E-state index in [4.69, 9.17) is 9.84 Å². The number of urea groups is 1. The Kier molecular flexibility index (Phi) is 9.24. The molecule has 0 spiro atoms. The summed E-state index contributed by atoms with van der Waals surface area (Å²) in [6.07, 6.45) is 6.78. The molecule has 4 rings (SSSR count). The molecule has 1 aliphatic rings. The molecule has 1 fully saturated rings. The number of carboxylic acids is 2. The summed E-state index contributed by atoms with van der Waals surface area (Å²) in [5, 5.41) is 21.7. The summed E-state index contributed by atoms with van der Waals surface area (Å²) in [6.45, 7) is 3.81. The predicted molar refractivity (Wildman–Crippen MR) is 153 cm³/mol. The SMILES string of the molecule is CCc1ccc(N(CC2CCCCC2)C(=O)Nc2cccc(-c3sc(C(=O)O)c(OCC(=O)O)c3C)c2)cc1. The van der Waals surface area contributed by atoms with Crippen molar-refractivity contribution in [3.05, 3.63) is 64.5 Å². The lowest BCUT2D eigenvalue weighted by atomic mass is 9.89. The molecule has 0 aliphatic heterocycles. The quantitative estimate of drug-likeness (QED) is 0.249. The van der Waals surface area contributed by atoms with E-state index in [9.17, 15) is 19.5 Å². The minimum absolute atomic E-state index is 0.0496. The minimum Gasteiger partial charge on any atom is -0.480 e. The summed E-state index contributed by atoms with van der Waals surface area (Å²) in [4.78, 5) is 38.8. The van der Waals surface area contributed by atoms with Gasteiger partial charge < -0.3 is 20.3 Å². The molecule has 0 atom stereocenters. The van der Waals surface area contributed by atoms with Gasteiger partial charge >= 0.3 is 18.0 Å². The summed E-state index contributed by atoms with van der Waals surface area (Å²) >= 11 is 1.02. The normalized spacial score (nSPS) is 13.6. The first-order valence-corrected chi connectivity index (χ1v) is 14.1. The van der Waals surface area contributed by atoms with Gasteiger partial charge in [-0.15, -0.1) is 11.3 Å². The lowest BCUT2D eigenvalue weighted by Crippen LogP contribution is -2.39. The van der Waals surface area contributed by atoms with Crippen molar-refractivity contribution in [3.63, 3.8) is 0 Å². The number of aromatic carboxylic acids is 1. The monoisotopic (exact) mass is 550 g/mol. The molecule has 2 aromatic carbocycles. The van der Waals surface area contributed by atoms with Gasteiger partial charge in [0.25, 0.3) is 0 Å². The Balaban J connectivity index is 1.59. The van der Waals surface area contributed by atoms with Crippen LogP contribution in [0.15, 0.2) is 48.5 Å². The predicted octanol–water partition coefficient (Wildman–Crippen LogP) is 7.07. The average Bonchev–Trinajstić information content (AvgIpc) is 3.27. The van der Waals surface area contributed by atoms with Gasteiger partial charge in [0.1, 0.15) is 5.75 Å². The van der Waals surface area contributed by atoms with Crippen LogP contribution in [0.25, 0.3) is 10.4 Å². The van der Waals surface area contributed by atoms with Crippen molar-refractivity contribution in [1.82, 2.24) is 0 Å². The van der Waals surface area contributed by atoms with E-state index < -0.39 is 18.5 Å². The van der Waals surface area contributed by atoms with Crippen LogP contribution >= 0.6 is 11.3 Å². The lowest BCUT2D eigenvalue weighted by Gasteiger charge is -2.30. The molecule has 3 aromatic rings. The number of nitrogens with zero attached hydrogens (tertiary/aromatic N) is 1. The van der Waals surface area contributed by atoms with Crippen LogP contribution < -0.4 is 15.0 Å². The van der Waals surface area contributed by atoms with Crippen LogP contribution in [-0.2, 0) is 11.2 Å². The number of aliphatic carboxylic acids is 1. The van der Waals surface area contributed by atoms with E-state index in [2.05, 4.69) is 24.4 Å². The fourth-order valence-electron chi connectivity index (χ4n) is 5.00. The van der Waals surface area contributed by atoms with E-state index in [1.165, 1.54) is 24.8 Å². The second kappa shape index (κ2) is 12.8. The van der Waals surface area contributed by atoms with Crippen LogP contribution in [0, 0.1) is 12.8 Å². The molecule has 206 valence electrons. The van der Waals surface area contributed by atoms with Gasteiger partial charge in [0.05, 0.1) is 0 Å². The third-order valence-corrected chi connectivity index (χ3v) is 8.38. The van der Waals surface area contributed by atoms with Gasteiger partial charge in [0.2, 0.25) is 0 Å². The number of hydrogen-bond acceptors (Lipinski definition) is 5. The molecule has 0 radical (unpaired) electrons. The number of rotatable bonds is 10. The molecule has 9 heteroatoms. The molecule has 1 heterocycles. The summed E-state index contributed by atoms with van der Waals surface area (Å²) < 4.78 is 5.31. The van der Waals surface area contributed by atoms with Gasteiger partial charge in [0.15, 0.2) is 11.5 Å². The fourth-order valence-corrected chi connectivity index (χ4v) is 6.08. The molecule has 1 aliphatic carbocycles. The number of benzene rings is 2. The Labute approximate surface area is 232 Å². The topological polar surface area (TPSA) is 116 Å². The molecule has 0 unspecified atom stereocenters. The number of anilines is 2. The molecule has 0 saturated heterocycles. The number of amides is 2. The highest BCUT2D eigenvalue weighted by Crippen LogP contribution is 2.42. The van der Waals surface area contributed by atoms with Gasteiger partial charge in [-0.25, -0.2) is 14.4 Å². The fraction of sp³-hybridized carbons (Fsp3) is 0.367. The lowest BCUT2D eigenvalue weighted by molar-refractivity contribution is -0.139. The number of carboxylic acid groups (broad SMARTS) is 2. The highest BCUT2D eigenvalue weighted by Gasteiger charge is 2.25. The maximum absolute atomic E-state index is 13.6. The highest BCUT2D eigenvalue weighted by molar-refractivity contribution is 7.18. The number of carbonyl (C=O) groups is 3. The Morgan fingerprint density at radius 2 is 1.77 bits per heavy atom. The number of aryl methyl sites for hydroxylation is 1. The number of ether oxygens (including phenoxy) is 1. The van der Waals surface area contributed by atoms with Crippen LogP contribution in [0.2, 0.25) is 0 Å². The van der Waals surface area contributed by atoms with Crippen molar-refractivity contribution in [1.29, 1.82) is 0 Å². The summed E-state index contributed by atoms with van der Waals surface area (Å²) in [7, 11) is 0. The second-order valence-corrected chi connectivity index (χ2v) is 10.9. The highest BCUT2D eigenvalue weighted by atomic mass is 32.1. The Morgan fingerprint density at radius 1 is 1.05 bits per heavy atom. The third kappa shape index (κ3) is 6.97. The first-order chi connectivity index (χ1) is 18.8. The maximum Gasteiger partial charge on any atom is 0.349 e. The van der Waals surface area contributed by atoms with E-state index in [1.807, 2.05) is 23.1 Å². The Morgan fingerprint density at radius 3 is 2.41 bits per heavy atom. The zero-order chi connectivity index (χ0) is 27.9. The van der Waals surface area contributed by atoms with Gasteiger partial charge in [-0.05, 0) is 67.5 Å². The molecule has 3 N–H and O–H groups in total. The molecule has 8 nitrogen and oxygen atoms in total. The third-order valence-electron chi connectivity index (χ3n) is 7.07. The van der Waals surface area contributed by atoms with E-state index in [-0.39, 0.29) is 16.7 Å². The molecular weight excluding hydrogens is 516 g/mol. The first kappa shape index (κ1) is 28.2. The standard InChI is InChI=1S/C30H34N2O6S/c1-3-20-12-14-24(15-13-20)32(17-21-8-5-4-6-9-21)30(37)31-23-11-7-10-22(16-23)27-19(2)26(38-18-25(33)34)28(39-27)29(35)36/h7,10-16,21H,3-6,8-9,17-18H2,1-2H3,(H,31,37)(H,33,34)(H,35,36). The van der Waals surface area contributed by atoms with Crippen molar-refractivity contribution in [2.24, 2.45) is 5.92 Å². The molecule has 1 saturated carbocycles. The Hall–Kier alpha value is -3.85. The molecular formula is C30H34N2O6S. The Bertz CT molecular complexity index is 1330. The average molecular weight is 551 g/mol. The van der Waals surface area contributed by atoms with Crippen molar-refractivity contribution in [3.8, 4) is 16.2 Å². The van der Waals surface area contributed by atoms with Gasteiger partial charge in [-0.2, -0.15) is 0 Å². The van der Waals surface area contributed by atoms with Crippen LogP contribution in [0.4, 0.5) is 16.2 Å². The summed E-state index contributed by atoms with van der Waals surface area (Å²) in [6, 6.07) is 15.1. The van der Waals surface area contributed by atoms with Crippen LogP contribution in [-0.4, -0.2) is 41.3 Å². The molecule has 2 amide bonds. The molecule has 0 bridgehead atoms. The zero-order valence-corrected chi connectivity index (χ0v) is 23.1. The van der Waals surface area contributed by atoms with Crippen LogP contribution in [0.1, 0.15) is 59.8 Å². The van der Waals surface area contributed by atoms with Gasteiger partial charge in [0, 0.05) is 28.4 Å². The van der Waals surface area contributed by atoms with Crippen LogP contribution in [0.3, 0.4) is 0 Å². The number of thiophene rings is 1. The number of hydrogen-bond donors (Lipinski definition) is 3. The maximum atomic E-state index is 13.6. The molecule has 39 heavy (non-hydrogen) atoms. The minimum atomic E-state index is -1.19. The molecule has 1 aromatic heterocycles. The van der Waals surface area contributed by atoms with E-state index in [1.54, 1.807) is 25.1 Å². The summed E-state index contributed by atoms with van der Waals surface area (Å²) in [5.41, 5.74) is 3.88. The largest absolute Gasteiger partial charge is 0.480 e. The van der Waals surface area contributed by atoms with Crippen LogP contribution in [0.5, 0.6) is 5.75 Å². The number of carbonyl (C=O) groups excluding carboxylic acids is 1. The van der Waals surface area contributed by atoms with E-state index in [0.717, 1.165) is 36.3 Å². The smallest absolute Gasteiger partial charge is 0.349 e.